The van der Waals surface area contributed by atoms with Crippen LogP contribution in [0.3, 0.4) is 0 Å². The molecular formula is C20H26FN3O2. The normalized spacial score (nSPS) is 33.1. The fourth-order valence-electron chi connectivity index (χ4n) is 4.67. The number of amides is 2. The molecule has 1 aromatic rings. The molecule has 0 radical (unpaired) electrons. The Morgan fingerprint density at radius 2 is 1.88 bits per heavy atom. The third kappa shape index (κ3) is 2.99. The van der Waals surface area contributed by atoms with Gasteiger partial charge in [-0.2, -0.15) is 0 Å². The summed E-state index contributed by atoms with van der Waals surface area (Å²) in [6.45, 7) is 4.31. The van der Waals surface area contributed by atoms with Crippen LogP contribution < -0.4 is 0 Å². The predicted molar refractivity (Wildman–Crippen MR) is 95.1 cm³/mol. The number of aromatic nitrogens is 1. The largest absolute Gasteiger partial charge is 0.337 e. The lowest BCUT2D eigenvalue weighted by molar-refractivity contribution is -0.178. The molecule has 5 rings (SSSR count). The zero-order valence-electron chi connectivity index (χ0n) is 15.5. The number of aryl methyl sites for hydroxylation is 1. The van der Waals surface area contributed by atoms with E-state index in [1.165, 1.54) is 6.92 Å². The summed E-state index contributed by atoms with van der Waals surface area (Å²) in [5.74, 6) is 0.677. The van der Waals surface area contributed by atoms with Gasteiger partial charge in [-0.05, 0) is 50.7 Å². The van der Waals surface area contributed by atoms with Crippen LogP contribution in [-0.4, -0.2) is 58.4 Å². The molecule has 1 aliphatic heterocycles. The number of carbonyl (C=O) groups is 2. The minimum atomic E-state index is -1.59. The minimum absolute atomic E-state index is 0.0249. The molecule has 3 saturated carbocycles. The molecule has 4 aliphatic rings. The van der Waals surface area contributed by atoms with Crippen molar-refractivity contribution in [3.63, 3.8) is 0 Å². The van der Waals surface area contributed by atoms with Crippen LogP contribution in [0.2, 0.25) is 0 Å². The van der Waals surface area contributed by atoms with Crippen LogP contribution >= 0.6 is 0 Å². The Hall–Kier alpha value is -1.98. The molecule has 1 atom stereocenters. The van der Waals surface area contributed by atoms with Crippen LogP contribution in [0.1, 0.15) is 37.4 Å². The van der Waals surface area contributed by atoms with Crippen LogP contribution in [0.5, 0.6) is 0 Å². The molecule has 1 saturated heterocycles. The number of nitrogens with zero attached hydrogens (tertiary/aromatic N) is 3. The number of rotatable bonds is 3. The van der Waals surface area contributed by atoms with Gasteiger partial charge >= 0.3 is 0 Å². The van der Waals surface area contributed by atoms with Crippen molar-refractivity contribution in [3.05, 3.63) is 29.6 Å². The van der Waals surface area contributed by atoms with Crippen LogP contribution in [0, 0.1) is 18.3 Å². The van der Waals surface area contributed by atoms with Gasteiger partial charge in [0.1, 0.15) is 5.67 Å². The summed E-state index contributed by atoms with van der Waals surface area (Å²) in [5.41, 5.74) is -0.113. The molecule has 26 heavy (non-hydrogen) atoms. The van der Waals surface area contributed by atoms with E-state index in [-0.39, 0.29) is 36.7 Å². The van der Waals surface area contributed by atoms with Gasteiger partial charge in [0, 0.05) is 19.3 Å². The number of halogens is 1. The first kappa shape index (κ1) is 17.4. The van der Waals surface area contributed by atoms with Crippen molar-refractivity contribution in [2.45, 2.75) is 45.2 Å². The molecular weight excluding hydrogens is 333 g/mol. The zero-order valence-corrected chi connectivity index (χ0v) is 15.5. The smallest absolute Gasteiger partial charge is 0.228 e. The SMILES string of the molecule is Cc1cccnc1CC(=O)N1CCN(C(=O)C23CC(C2)C3)CC(C)(F)C1. The van der Waals surface area contributed by atoms with E-state index in [4.69, 9.17) is 0 Å². The molecule has 0 N–H and O–H groups in total. The minimum Gasteiger partial charge on any atom is -0.337 e. The summed E-state index contributed by atoms with van der Waals surface area (Å²) in [6.07, 6.45) is 4.73. The second-order valence-corrected chi connectivity index (χ2v) is 8.66. The quantitative estimate of drug-likeness (QED) is 0.831. The average Bonchev–Trinajstić information content (AvgIpc) is 2.64. The van der Waals surface area contributed by atoms with Crippen molar-refractivity contribution in [2.75, 3.05) is 26.2 Å². The van der Waals surface area contributed by atoms with Crippen molar-refractivity contribution < 1.29 is 14.0 Å². The van der Waals surface area contributed by atoms with E-state index in [1.807, 2.05) is 19.1 Å². The fourth-order valence-corrected chi connectivity index (χ4v) is 4.67. The molecule has 1 aromatic heterocycles. The van der Waals surface area contributed by atoms with E-state index in [0.717, 1.165) is 30.5 Å². The Bertz CT molecular complexity index is 731. The standard InChI is InChI=1S/C20H26FN3O2/c1-14-4-3-5-22-16(14)8-17(25)23-6-7-24(13-19(2,21)12-23)18(26)20-9-15(10-20)11-20/h3-5,15H,6-13H2,1-2H3. The van der Waals surface area contributed by atoms with Crippen molar-refractivity contribution in [3.8, 4) is 0 Å². The van der Waals surface area contributed by atoms with Crippen LogP contribution in [0.4, 0.5) is 4.39 Å². The Morgan fingerprint density at radius 3 is 2.50 bits per heavy atom. The second kappa shape index (κ2) is 6.03. The first-order chi connectivity index (χ1) is 12.3. The molecule has 2 amide bonds. The molecule has 3 aliphatic carbocycles. The monoisotopic (exact) mass is 359 g/mol. The number of alkyl halides is 1. The van der Waals surface area contributed by atoms with Crippen molar-refractivity contribution >= 4 is 11.8 Å². The van der Waals surface area contributed by atoms with Crippen molar-refractivity contribution in [2.24, 2.45) is 11.3 Å². The summed E-state index contributed by atoms with van der Waals surface area (Å²) in [7, 11) is 0. The first-order valence-corrected chi connectivity index (χ1v) is 9.45. The molecule has 140 valence electrons. The third-order valence-electron chi connectivity index (χ3n) is 6.25. The average molecular weight is 359 g/mol. The molecule has 4 fully saturated rings. The van der Waals surface area contributed by atoms with Gasteiger partial charge in [0.2, 0.25) is 11.8 Å². The maximum absolute atomic E-state index is 15.1. The lowest BCUT2D eigenvalue weighted by Crippen LogP contribution is -2.62. The van der Waals surface area contributed by atoms with Gasteiger partial charge in [0.15, 0.2) is 0 Å². The second-order valence-electron chi connectivity index (χ2n) is 8.66. The van der Waals surface area contributed by atoms with E-state index in [9.17, 15) is 9.59 Å². The van der Waals surface area contributed by atoms with Crippen molar-refractivity contribution in [1.82, 2.24) is 14.8 Å². The number of hydrogen-bond acceptors (Lipinski definition) is 3. The lowest BCUT2D eigenvalue weighted by Gasteiger charge is -2.61. The van der Waals surface area contributed by atoms with Gasteiger partial charge in [-0.3, -0.25) is 14.6 Å². The lowest BCUT2D eigenvalue weighted by atomic mass is 9.44. The van der Waals surface area contributed by atoms with Crippen LogP contribution in [0.15, 0.2) is 18.3 Å². The summed E-state index contributed by atoms with van der Waals surface area (Å²) in [6, 6.07) is 3.75. The molecule has 2 bridgehead atoms. The third-order valence-corrected chi connectivity index (χ3v) is 6.25. The summed E-state index contributed by atoms with van der Waals surface area (Å²) < 4.78 is 15.1. The Labute approximate surface area is 153 Å². The van der Waals surface area contributed by atoms with Gasteiger partial charge in [-0.25, -0.2) is 4.39 Å². The maximum atomic E-state index is 15.1. The van der Waals surface area contributed by atoms with E-state index in [0.29, 0.717) is 19.0 Å². The van der Waals surface area contributed by atoms with Gasteiger partial charge < -0.3 is 9.80 Å². The summed E-state index contributed by atoms with van der Waals surface area (Å²) >= 11 is 0. The van der Waals surface area contributed by atoms with Gasteiger partial charge in [0.25, 0.3) is 0 Å². The first-order valence-electron chi connectivity index (χ1n) is 9.45. The highest BCUT2D eigenvalue weighted by Gasteiger charge is 2.62. The van der Waals surface area contributed by atoms with Gasteiger partial charge in [0.05, 0.1) is 30.6 Å². The van der Waals surface area contributed by atoms with E-state index < -0.39 is 5.67 Å². The number of hydrogen-bond donors (Lipinski definition) is 0. The molecule has 0 spiro atoms. The highest BCUT2D eigenvalue weighted by atomic mass is 19.1. The van der Waals surface area contributed by atoms with Crippen LogP contribution in [-0.2, 0) is 16.0 Å². The predicted octanol–water partition coefficient (Wildman–Crippen LogP) is 2.13. The molecule has 6 heteroatoms. The topological polar surface area (TPSA) is 53.5 Å². The van der Waals surface area contributed by atoms with Crippen LogP contribution in [0.25, 0.3) is 0 Å². The molecule has 1 unspecified atom stereocenters. The molecule has 5 nitrogen and oxygen atoms in total. The van der Waals surface area contributed by atoms with E-state index in [2.05, 4.69) is 4.98 Å². The highest BCUT2D eigenvalue weighted by molar-refractivity contribution is 5.86. The van der Waals surface area contributed by atoms with Crippen molar-refractivity contribution in [1.29, 1.82) is 0 Å². The number of carbonyl (C=O) groups excluding carboxylic acids is 2. The zero-order chi connectivity index (χ0) is 18.5. The maximum Gasteiger partial charge on any atom is 0.228 e. The van der Waals surface area contributed by atoms with E-state index in [1.54, 1.807) is 16.0 Å². The molecule has 2 heterocycles. The van der Waals surface area contributed by atoms with Gasteiger partial charge in [-0.15, -0.1) is 0 Å². The Morgan fingerprint density at radius 1 is 1.23 bits per heavy atom. The van der Waals surface area contributed by atoms with E-state index >= 15 is 4.39 Å². The van der Waals surface area contributed by atoms with Gasteiger partial charge in [-0.1, -0.05) is 6.07 Å². The number of pyridine rings is 1. The summed E-state index contributed by atoms with van der Waals surface area (Å²) in [4.78, 5) is 33.1. The Kier molecular flexibility index (Phi) is 4.04. The summed E-state index contributed by atoms with van der Waals surface area (Å²) in [5, 5.41) is 0. The fraction of sp³-hybridized carbons (Fsp3) is 0.650. The Balaban J connectivity index is 1.44. The highest BCUT2D eigenvalue weighted by Crippen LogP contribution is 2.65. The molecule has 0 aromatic carbocycles.